The van der Waals surface area contributed by atoms with E-state index >= 15 is 0 Å². The van der Waals surface area contributed by atoms with Crippen LogP contribution in [0.15, 0.2) is 18.2 Å². The standard InChI is InChI=1S/C18H28ClN/c1-13(2)20-12-17-7-5-4-6-15(17)11-16-9-8-14(3)10-18(16)19/h8-10,13,15,17,20H,4-7,11-12H2,1-3H3. The third-order valence-corrected chi connectivity index (χ3v) is 4.90. The fraction of sp³-hybridized carbons (Fsp3) is 0.667. The third-order valence-electron chi connectivity index (χ3n) is 4.55. The highest BCUT2D eigenvalue weighted by Gasteiger charge is 2.25. The Morgan fingerprint density at radius 1 is 1.20 bits per heavy atom. The van der Waals surface area contributed by atoms with Gasteiger partial charge < -0.3 is 5.32 Å². The number of benzene rings is 1. The molecule has 2 rings (SSSR count). The minimum atomic E-state index is 0.584. The SMILES string of the molecule is Cc1ccc(CC2CCCCC2CNC(C)C)c(Cl)c1. The monoisotopic (exact) mass is 293 g/mol. The summed E-state index contributed by atoms with van der Waals surface area (Å²) < 4.78 is 0. The van der Waals surface area contributed by atoms with Gasteiger partial charge in [-0.15, -0.1) is 0 Å². The van der Waals surface area contributed by atoms with E-state index in [4.69, 9.17) is 11.6 Å². The Labute approximate surface area is 129 Å². The molecule has 0 heterocycles. The Morgan fingerprint density at radius 2 is 1.90 bits per heavy atom. The van der Waals surface area contributed by atoms with Crippen molar-refractivity contribution in [3.8, 4) is 0 Å². The molecule has 112 valence electrons. The predicted molar refractivity (Wildman–Crippen MR) is 88.5 cm³/mol. The first-order chi connectivity index (χ1) is 9.56. The second kappa shape index (κ2) is 7.47. The van der Waals surface area contributed by atoms with Crippen molar-refractivity contribution in [3.63, 3.8) is 0 Å². The van der Waals surface area contributed by atoms with Crippen LogP contribution in [0.1, 0.15) is 50.7 Å². The molecule has 0 saturated heterocycles. The van der Waals surface area contributed by atoms with Crippen molar-refractivity contribution < 1.29 is 0 Å². The van der Waals surface area contributed by atoms with Crippen LogP contribution in [0, 0.1) is 18.8 Å². The van der Waals surface area contributed by atoms with Crippen LogP contribution in [0.4, 0.5) is 0 Å². The zero-order valence-corrected chi connectivity index (χ0v) is 13.8. The van der Waals surface area contributed by atoms with Gasteiger partial charge >= 0.3 is 0 Å². The van der Waals surface area contributed by atoms with Crippen LogP contribution in [0.25, 0.3) is 0 Å². The normalized spacial score (nSPS) is 23.2. The maximum absolute atomic E-state index is 6.41. The van der Waals surface area contributed by atoms with Gasteiger partial charge in [-0.25, -0.2) is 0 Å². The molecule has 1 aromatic carbocycles. The molecule has 0 aromatic heterocycles. The maximum atomic E-state index is 6.41. The van der Waals surface area contributed by atoms with E-state index in [-0.39, 0.29) is 0 Å². The highest BCUT2D eigenvalue weighted by molar-refractivity contribution is 6.31. The zero-order valence-electron chi connectivity index (χ0n) is 13.1. The van der Waals surface area contributed by atoms with Gasteiger partial charge in [0.05, 0.1) is 0 Å². The van der Waals surface area contributed by atoms with E-state index in [1.807, 2.05) is 0 Å². The summed E-state index contributed by atoms with van der Waals surface area (Å²) in [4.78, 5) is 0. The van der Waals surface area contributed by atoms with E-state index in [0.717, 1.165) is 29.8 Å². The van der Waals surface area contributed by atoms with E-state index < -0.39 is 0 Å². The molecule has 2 atom stereocenters. The minimum absolute atomic E-state index is 0.584. The van der Waals surface area contributed by atoms with Crippen molar-refractivity contribution in [1.82, 2.24) is 5.32 Å². The quantitative estimate of drug-likeness (QED) is 0.806. The molecule has 1 aliphatic carbocycles. The van der Waals surface area contributed by atoms with E-state index in [1.165, 1.54) is 36.8 Å². The fourth-order valence-electron chi connectivity index (χ4n) is 3.31. The predicted octanol–water partition coefficient (Wildman–Crippen LogP) is 5.00. The molecule has 1 saturated carbocycles. The number of nitrogens with one attached hydrogen (secondary N) is 1. The summed E-state index contributed by atoms with van der Waals surface area (Å²) in [5.41, 5.74) is 2.58. The zero-order chi connectivity index (χ0) is 14.5. The Kier molecular flexibility index (Phi) is 5.92. The lowest BCUT2D eigenvalue weighted by Gasteiger charge is -2.32. The van der Waals surface area contributed by atoms with Crippen LogP contribution in [-0.2, 0) is 6.42 Å². The van der Waals surface area contributed by atoms with E-state index in [2.05, 4.69) is 44.3 Å². The minimum Gasteiger partial charge on any atom is -0.314 e. The molecule has 0 amide bonds. The van der Waals surface area contributed by atoms with Gasteiger partial charge in [-0.05, 0) is 61.8 Å². The summed E-state index contributed by atoms with van der Waals surface area (Å²) in [5.74, 6) is 1.60. The van der Waals surface area contributed by atoms with Gasteiger partial charge in [0, 0.05) is 11.1 Å². The van der Waals surface area contributed by atoms with Crippen molar-refractivity contribution in [1.29, 1.82) is 0 Å². The summed E-state index contributed by atoms with van der Waals surface area (Å²) in [5, 5.41) is 4.57. The van der Waals surface area contributed by atoms with Gasteiger partial charge in [-0.3, -0.25) is 0 Å². The smallest absolute Gasteiger partial charge is 0.0440 e. The molecule has 1 N–H and O–H groups in total. The van der Waals surface area contributed by atoms with Gasteiger partial charge in [0.1, 0.15) is 0 Å². The molecule has 0 bridgehead atoms. The Morgan fingerprint density at radius 3 is 2.55 bits per heavy atom. The lowest BCUT2D eigenvalue weighted by molar-refractivity contribution is 0.224. The van der Waals surface area contributed by atoms with Crippen LogP contribution >= 0.6 is 11.6 Å². The van der Waals surface area contributed by atoms with E-state index in [9.17, 15) is 0 Å². The summed E-state index contributed by atoms with van der Waals surface area (Å²) in [6.07, 6.45) is 6.64. The summed E-state index contributed by atoms with van der Waals surface area (Å²) in [7, 11) is 0. The first-order valence-corrected chi connectivity index (χ1v) is 8.42. The summed E-state index contributed by atoms with van der Waals surface area (Å²) >= 11 is 6.41. The highest BCUT2D eigenvalue weighted by atomic mass is 35.5. The van der Waals surface area contributed by atoms with Crippen LogP contribution in [0.2, 0.25) is 5.02 Å². The molecular weight excluding hydrogens is 266 g/mol. The van der Waals surface area contributed by atoms with Crippen molar-refractivity contribution >= 4 is 11.6 Å². The van der Waals surface area contributed by atoms with Crippen molar-refractivity contribution in [3.05, 3.63) is 34.3 Å². The molecular formula is C18H28ClN. The molecule has 1 aromatic rings. The van der Waals surface area contributed by atoms with Crippen molar-refractivity contribution in [2.75, 3.05) is 6.54 Å². The van der Waals surface area contributed by atoms with Crippen molar-refractivity contribution in [2.24, 2.45) is 11.8 Å². The van der Waals surface area contributed by atoms with Crippen LogP contribution in [0.3, 0.4) is 0 Å². The van der Waals surface area contributed by atoms with Gasteiger partial charge in [0.15, 0.2) is 0 Å². The first-order valence-electron chi connectivity index (χ1n) is 8.04. The Hall–Kier alpha value is -0.530. The molecule has 20 heavy (non-hydrogen) atoms. The molecule has 1 fully saturated rings. The van der Waals surface area contributed by atoms with Gasteiger partial charge in [-0.1, -0.05) is 50.4 Å². The second-order valence-electron chi connectivity index (χ2n) is 6.67. The Bertz CT molecular complexity index is 427. The molecule has 2 unspecified atom stereocenters. The highest BCUT2D eigenvalue weighted by Crippen LogP contribution is 2.34. The van der Waals surface area contributed by atoms with Crippen molar-refractivity contribution in [2.45, 2.75) is 58.9 Å². The number of hydrogen-bond donors (Lipinski definition) is 1. The summed E-state index contributed by atoms with van der Waals surface area (Å²) in [6.45, 7) is 7.72. The second-order valence-corrected chi connectivity index (χ2v) is 7.07. The van der Waals surface area contributed by atoms with Gasteiger partial charge in [0.25, 0.3) is 0 Å². The average molecular weight is 294 g/mol. The fourth-order valence-corrected chi connectivity index (χ4v) is 3.62. The number of hydrogen-bond acceptors (Lipinski definition) is 1. The molecule has 0 spiro atoms. The maximum Gasteiger partial charge on any atom is 0.0440 e. The summed E-state index contributed by atoms with van der Waals surface area (Å²) in [6, 6.07) is 7.09. The topological polar surface area (TPSA) is 12.0 Å². The van der Waals surface area contributed by atoms with Crippen LogP contribution < -0.4 is 5.32 Å². The lowest BCUT2D eigenvalue weighted by Crippen LogP contribution is -2.35. The Balaban J connectivity index is 2.00. The van der Waals surface area contributed by atoms with E-state index in [1.54, 1.807) is 0 Å². The number of aryl methyl sites for hydroxylation is 1. The third kappa shape index (κ3) is 4.49. The lowest BCUT2D eigenvalue weighted by atomic mass is 9.76. The molecule has 0 aliphatic heterocycles. The molecule has 1 aliphatic rings. The van der Waals surface area contributed by atoms with Crippen LogP contribution in [0.5, 0.6) is 0 Å². The largest absolute Gasteiger partial charge is 0.314 e. The van der Waals surface area contributed by atoms with E-state index in [0.29, 0.717) is 6.04 Å². The van der Waals surface area contributed by atoms with Gasteiger partial charge in [0.2, 0.25) is 0 Å². The number of rotatable bonds is 5. The molecule has 2 heteroatoms. The first kappa shape index (κ1) is 15.9. The molecule has 1 nitrogen and oxygen atoms in total. The van der Waals surface area contributed by atoms with Gasteiger partial charge in [-0.2, -0.15) is 0 Å². The van der Waals surface area contributed by atoms with Crippen LogP contribution in [-0.4, -0.2) is 12.6 Å². The number of halogens is 1. The molecule has 0 radical (unpaired) electrons. The average Bonchev–Trinajstić information content (AvgIpc) is 2.41.